The molecule has 0 aliphatic carbocycles. The zero-order valence-electron chi connectivity index (χ0n) is 8.68. The molecule has 5 nitrogen and oxygen atoms in total. The van der Waals surface area contributed by atoms with Gasteiger partial charge in [-0.25, -0.2) is 0 Å². The van der Waals surface area contributed by atoms with Crippen LogP contribution in [-0.4, -0.2) is 23.4 Å². The molecule has 0 unspecified atom stereocenters. The van der Waals surface area contributed by atoms with Crippen molar-refractivity contribution in [1.82, 2.24) is 4.90 Å². The van der Waals surface area contributed by atoms with Crippen LogP contribution in [0.5, 0.6) is 0 Å². The van der Waals surface area contributed by atoms with Crippen LogP contribution in [0, 0.1) is 27.3 Å². The molecule has 0 saturated carbocycles. The normalized spacial score (nSPS) is 10.1. The Morgan fingerprint density at radius 2 is 2.31 bits per heavy atom. The van der Waals surface area contributed by atoms with E-state index in [2.05, 4.69) is 0 Å². The topological polar surface area (TPSA) is 70.2 Å². The summed E-state index contributed by atoms with van der Waals surface area (Å²) in [7, 11) is 1.64. The first kappa shape index (κ1) is 12.1. The highest BCUT2D eigenvalue weighted by Crippen LogP contribution is 2.20. The molecule has 0 radical (unpaired) electrons. The minimum atomic E-state index is -0.836. The third-order valence-electron chi connectivity index (χ3n) is 2.04. The zero-order chi connectivity index (χ0) is 12.1. The lowest BCUT2D eigenvalue weighted by Gasteiger charge is -2.12. The van der Waals surface area contributed by atoms with Gasteiger partial charge < -0.3 is 0 Å². The third-order valence-corrected chi connectivity index (χ3v) is 2.04. The molecule has 0 N–H and O–H groups in total. The number of halogens is 1. The van der Waals surface area contributed by atoms with Gasteiger partial charge in [0.05, 0.1) is 17.5 Å². The molecule has 0 heterocycles. The summed E-state index contributed by atoms with van der Waals surface area (Å²) >= 11 is 0. The van der Waals surface area contributed by atoms with Crippen molar-refractivity contribution in [2.24, 2.45) is 0 Å². The Morgan fingerprint density at radius 1 is 1.62 bits per heavy atom. The highest BCUT2D eigenvalue weighted by molar-refractivity contribution is 5.36. The van der Waals surface area contributed by atoms with Crippen molar-refractivity contribution in [1.29, 1.82) is 5.26 Å². The fraction of sp³-hybridized carbons (Fsp3) is 0.300. The molecule has 0 amide bonds. The van der Waals surface area contributed by atoms with Gasteiger partial charge in [-0.3, -0.25) is 15.0 Å². The molecule has 0 aromatic heterocycles. The van der Waals surface area contributed by atoms with Gasteiger partial charge in [0, 0.05) is 18.2 Å². The SMILES string of the molecule is CN(CC#N)Cc1cccc([N+](=O)[O-])c1F. The first-order chi connectivity index (χ1) is 7.56. The Bertz CT molecular complexity index is 442. The second-order valence-corrected chi connectivity index (χ2v) is 3.34. The van der Waals surface area contributed by atoms with Crippen molar-refractivity contribution in [2.45, 2.75) is 6.54 Å². The van der Waals surface area contributed by atoms with E-state index in [4.69, 9.17) is 5.26 Å². The van der Waals surface area contributed by atoms with Crippen molar-refractivity contribution in [3.05, 3.63) is 39.7 Å². The molecule has 1 aromatic rings. The van der Waals surface area contributed by atoms with Crippen molar-refractivity contribution < 1.29 is 9.31 Å². The smallest absolute Gasteiger partial charge is 0.289 e. The van der Waals surface area contributed by atoms with Crippen molar-refractivity contribution >= 4 is 5.69 Å². The molecule has 1 aromatic carbocycles. The molecule has 0 atom stereocenters. The summed E-state index contributed by atoms with van der Waals surface area (Å²) in [5.74, 6) is -0.836. The number of nitro benzene ring substituents is 1. The Balaban J connectivity index is 2.94. The highest BCUT2D eigenvalue weighted by atomic mass is 19.1. The van der Waals surface area contributed by atoms with Crippen LogP contribution in [0.3, 0.4) is 0 Å². The van der Waals surface area contributed by atoms with Gasteiger partial charge >= 0.3 is 5.69 Å². The van der Waals surface area contributed by atoms with Crippen molar-refractivity contribution in [2.75, 3.05) is 13.6 Å². The Morgan fingerprint density at radius 3 is 2.88 bits per heavy atom. The van der Waals surface area contributed by atoms with Crippen LogP contribution in [0.25, 0.3) is 0 Å². The summed E-state index contributed by atoms with van der Waals surface area (Å²) < 4.78 is 13.6. The second-order valence-electron chi connectivity index (χ2n) is 3.34. The average molecular weight is 223 g/mol. The predicted octanol–water partition coefficient (Wildman–Crippen LogP) is 1.69. The molecule has 16 heavy (non-hydrogen) atoms. The molecule has 0 bridgehead atoms. The van der Waals surface area contributed by atoms with Gasteiger partial charge in [-0.2, -0.15) is 9.65 Å². The van der Waals surface area contributed by atoms with Gasteiger partial charge in [0.2, 0.25) is 5.82 Å². The van der Waals surface area contributed by atoms with E-state index in [0.717, 1.165) is 6.07 Å². The predicted molar refractivity (Wildman–Crippen MR) is 55.0 cm³/mol. The minimum Gasteiger partial charge on any atom is -0.289 e. The molecular formula is C10H10FN3O2. The number of hydrogen-bond acceptors (Lipinski definition) is 4. The van der Waals surface area contributed by atoms with Gasteiger partial charge in [-0.1, -0.05) is 12.1 Å². The maximum atomic E-state index is 13.6. The van der Waals surface area contributed by atoms with Gasteiger partial charge in [-0.15, -0.1) is 0 Å². The van der Waals surface area contributed by atoms with E-state index in [1.54, 1.807) is 11.9 Å². The number of nitriles is 1. The van der Waals surface area contributed by atoms with Crippen molar-refractivity contribution in [3.63, 3.8) is 0 Å². The van der Waals surface area contributed by atoms with Gasteiger partial charge in [0.25, 0.3) is 0 Å². The molecular weight excluding hydrogens is 213 g/mol. The molecule has 6 heteroatoms. The highest BCUT2D eigenvalue weighted by Gasteiger charge is 2.17. The van der Waals surface area contributed by atoms with Crippen LogP contribution in [0.4, 0.5) is 10.1 Å². The average Bonchev–Trinajstić information content (AvgIpc) is 2.21. The van der Waals surface area contributed by atoms with Gasteiger partial charge in [-0.05, 0) is 7.05 Å². The van der Waals surface area contributed by atoms with Gasteiger partial charge in [0.15, 0.2) is 0 Å². The van der Waals surface area contributed by atoms with E-state index in [-0.39, 0.29) is 18.7 Å². The minimum absolute atomic E-state index is 0.141. The fourth-order valence-corrected chi connectivity index (χ4v) is 1.30. The third kappa shape index (κ3) is 2.74. The zero-order valence-corrected chi connectivity index (χ0v) is 8.68. The summed E-state index contributed by atoms with van der Waals surface area (Å²) in [6, 6.07) is 5.92. The standard InChI is InChI=1S/C10H10FN3O2/c1-13(6-5-12)7-8-3-2-4-9(10(8)11)14(15)16/h2-4H,6-7H2,1H3. The molecule has 0 aliphatic rings. The van der Waals surface area contributed by atoms with Crippen molar-refractivity contribution in [3.8, 4) is 6.07 Å². The Hall–Kier alpha value is -2.00. The van der Waals surface area contributed by atoms with E-state index >= 15 is 0 Å². The van der Waals surface area contributed by atoms with Crippen LogP contribution in [0.2, 0.25) is 0 Å². The largest absolute Gasteiger partial charge is 0.305 e. The van der Waals surface area contributed by atoms with Crippen LogP contribution >= 0.6 is 0 Å². The van der Waals surface area contributed by atoms with Crippen LogP contribution in [0.1, 0.15) is 5.56 Å². The van der Waals surface area contributed by atoms with Crippen LogP contribution < -0.4 is 0 Å². The summed E-state index contributed by atoms with van der Waals surface area (Å²) in [6.45, 7) is 0.309. The molecule has 0 saturated heterocycles. The maximum absolute atomic E-state index is 13.6. The van der Waals surface area contributed by atoms with E-state index in [9.17, 15) is 14.5 Å². The Labute approximate surface area is 91.9 Å². The fourth-order valence-electron chi connectivity index (χ4n) is 1.30. The Kier molecular flexibility index (Phi) is 3.91. The number of rotatable bonds is 4. The van der Waals surface area contributed by atoms with E-state index in [0.29, 0.717) is 0 Å². The summed E-state index contributed by atoms with van der Waals surface area (Å²) in [5, 5.41) is 18.9. The lowest BCUT2D eigenvalue weighted by atomic mass is 10.2. The second kappa shape index (κ2) is 5.19. The number of nitro groups is 1. The van der Waals surface area contributed by atoms with Crippen LogP contribution in [-0.2, 0) is 6.54 Å². The first-order valence-electron chi connectivity index (χ1n) is 4.53. The quantitative estimate of drug-likeness (QED) is 0.442. The summed E-state index contributed by atoms with van der Waals surface area (Å²) in [5.41, 5.74) is -0.324. The molecule has 0 spiro atoms. The van der Waals surface area contributed by atoms with E-state index < -0.39 is 16.4 Å². The number of hydrogen-bond donors (Lipinski definition) is 0. The molecule has 0 aliphatic heterocycles. The number of benzene rings is 1. The van der Waals surface area contributed by atoms with Gasteiger partial charge in [0.1, 0.15) is 0 Å². The molecule has 0 fully saturated rings. The summed E-state index contributed by atoms with van der Waals surface area (Å²) in [6.07, 6.45) is 0. The lowest BCUT2D eigenvalue weighted by Crippen LogP contribution is -2.18. The monoisotopic (exact) mass is 223 g/mol. The lowest BCUT2D eigenvalue weighted by molar-refractivity contribution is -0.387. The van der Waals surface area contributed by atoms with E-state index in [1.807, 2.05) is 6.07 Å². The van der Waals surface area contributed by atoms with Crippen LogP contribution in [0.15, 0.2) is 18.2 Å². The molecule has 84 valence electrons. The molecule has 1 rings (SSSR count). The first-order valence-corrected chi connectivity index (χ1v) is 4.53. The maximum Gasteiger partial charge on any atom is 0.305 e. The van der Waals surface area contributed by atoms with E-state index in [1.165, 1.54) is 12.1 Å². The number of nitrogens with zero attached hydrogens (tertiary/aromatic N) is 3. The summed E-state index contributed by atoms with van der Waals surface area (Å²) in [4.78, 5) is 11.3.